The van der Waals surface area contributed by atoms with Crippen LogP contribution in [0, 0.1) is 6.92 Å². The van der Waals surface area contributed by atoms with E-state index in [9.17, 15) is 0 Å². The van der Waals surface area contributed by atoms with Crippen molar-refractivity contribution in [1.29, 1.82) is 0 Å². The standard InChI is InChI=1S/C14H21NOS/c1-11-4-2-5-12(8-11)14(9-15)17-10-13-6-3-7-16-13/h2,4-5,8,13-14H,3,6-7,9-10,15H2,1H3. The van der Waals surface area contributed by atoms with Gasteiger partial charge in [-0.15, -0.1) is 11.8 Å². The van der Waals surface area contributed by atoms with E-state index in [1.807, 2.05) is 11.8 Å². The van der Waals surface area contributed by atoms with Crippen molar-refractivity contribution >= 4 is 11.8 Å². The Morgan fingerprint density at radius 1 is 1.53 bits per heavy atom. The van der Waals surface area contributed by atoms with Crippen molar-refractivity contribution in [3.8, 4) is 0 Å². The van der Waals surface area contributed by atoms with E-state index >= 15 is 0 Å². The number of ether oxygens (including phenoxy) is 1. The summed E-state index contributed by atoms with van der Waals surface area (Å²) in [6.45, 7) is 3.76. The smallest absolute Gasteiger partial charge is 0.0666 e. The Morgan fingerprint density at radius 3 is 3.06 bits per heavy atom. The highest BCUT2D eigenvalue weighted by Crippen LogP contribution is 2.30. The van der Waals surface area contributed by atoms with Crippen LogP contribution in [0.2, 0.25) is 0 Å². The molecule has 1 saturated heterocycles. The van der Waals surface area contributed by atoms with Gasteiger partial charge in [0, 0.05) is 24.2 Å². The molecule has 0 bridgehead atoms. The maximum absolute atomic E-state index is 5.88. The van der Waals surface area contributed by atoms with Crippen molar-refractivity contribution in [3.63, 3.8) is 0 Å². The zero-order chi connectivity index (χ0) is 12.1. The minimum absolute atomic E-state index is 0.402. The molecule has 0 spiro atoms. The monoisotopic (exact) mass is 251 g/mol. The summed E-state index contributed by atoms with van der Waals surface area (Å²) >= 11 is 1.93. The van der Waals surface area contributed by atoms with Gasteiger partial charge in [-0.1, -0.05) is 29.8 Å². The molecule has 2 N–H and O–H groups in total. The second-order valence-corrected chi connectivity index (χ2v) is 5.84. The van der Waals surface area contributed by atoms with Gasteiger partial charge in [-0.05, 0) is 25.3 Å². The quantitative estimate of drug-likeness (QED) is 0.874. The van der Waals surface area contributed by atoms with E-state index in [0.717, 1.165) is 12.4 Å². The Balaban J connectivity index is 1.91. The number of benzene rings is 1. The summed E-state index contributed by atoms with van der Waals surface area (Å²) in [7, 11) is 0. The van der Waals surface area contributed by atoms with Gasteiger partial charge in [0.2, 0.25) is 0 Å². The van der Waals surface area contributed by atoms with Crippen molar-refractivity contribution in [3.05, 3.63) is 35.4 Å². The molecule has 1 aliphatic rings. The van der Waals surface area contributed by atoms with Gasteiger partial charge in [0.15, 0.2) is 0 Å². The first-order valence-electron chi connectivity index (χ1n) is 6.29. The summed E-state index contributed by atoms with van der Waals surface area (Å²) in [4.78, 5) is 0. The molecule has 1 fully saturated rings. The highest BCUT2D eigenvalue weighted by atomic mass is 32.2. The maximum atomic E-state index is 5.88. The largest absolute Gasteiger partial charge is 0.377 e. The summed E-state index contributed by atoms with van der Waals surface area (Å²) in [6, 6.07) is 8.65. The number of aryl methyl sites for hydroxylation is 1. The van der Waals surface area contributed by atoms with E-state index in [1.165, 1.54) is 24.0 Å². The number of thioether (sulfide) groups is 1. The zero-order valence-corrected chi connectivity index (χ0v) is 11.2. The molecule has 17 heavy (non-hydrogen) atoms. The highest BCUT2D eigenvalue weighted by Gasteiger charge is 2.18. The summed E-state index contributed by atoms with van der Waals surface area (Å²) in [5.74, 6) is 1.07. The van der Waals surface area contributed by atoms with Crippen LogP contribution in [0.15, 0.2) is 24.3 Å². The van der Waals surface area contributed by atoms with Gasteiger partial charge in [-0.3, -0.25) is 0 Å². The molecule has 0 amide bonds. The van der Waals surface area contributed by atoms with Crippen molar-refractivity contribution < 1.29 is 4.74 Å². The summed E-state index contributed by atoms with van der Waals surface area (Å²) in [5.41, 5.74) is 8.53. The lowest BCUT2D eigenvalue weighted by atomic mass is 10.1. The third-order valence-corrected chi connectivity index (χ3v) is 4.57. The highest BCUT2D eigenvalue weighted by molar-refractivity contribution is 7.99. The predicted octanol–water partition coefficient (Wildman–Crippen LogP) is 2.91. The van der Waals surface area contributed by atoms with Crippen LogP contribution in [-0.4, -0.2) is 25.0 Å². The van der Waals surface area contributed by atoms with Crippen LogP contribution in [0.4, 0.5) is 0 Å². The molecule has 1 aliphatic heterocycles. The molecule has 3 heteroatoms. The van der Waals surface area contributed by atoms with E-state index in [2.05, 4.69) is 31.2 Å². The number of nitrogens with two attached hydrogens (primary N) is 1. The number of hydrogen-bond acceptors (Lipinski definition) is 3. The topological polar surface area (TPSA) is 35.2 Å². The molecule has 2 atom stereocenters. The van der Waals surface area contributed by atoms with Gasteiger partial charge < -0.3 is 10.5 Å². The van der Waals surface area contributed by atoms with Crippen LogP contribution in [-0.2, 0) is 4.74 Å². The number of hydrogen-bond donors (Lipinski definition) is 1. The summed E-state index contributed by atoms with van der Waals surface area (Å²) in [6.07, 6.45) is 2.86. The van der Waals surface area contributed by atoms with Crippen molar-refractivity contribution in [2.45, 2.75) is 31.1 Å². The van der Waals surface area contributed by atoms with Gasteiger partial charge in [0.25, 0.3) is 0 Å². The molecule has 1 heterocycles. The Kier molecular flexibility index (Phi) is 4.89. The Bertz CT molecular complexity index is 350. The van der Waals surface area contributed by atoms with Gasteiger partial charge in [0.1, 0.15) is 0 Å². The lowest BCUT2D eigenvalue weighted by Crippen LogP contribution is -2.14. The van der Waals surface area contributed by atoms with E-state index in [0.29, 0.717) is 17.9 Å². The fraction of sp³-hybridized carbons (Fsp3) is 0.571. The molecule has 2 rings (SSSR count). The first-order chi connectivity index (χ1) is 8.29. The minimum Gasteiger partial charge on any atom is -0.377 e. The Morgan fingerprint density at radius 2 is 2.41 bits per heavy atom. The van der Waals surface area contributed by atoms with Crippen molar-refractivity contribution in [1.82, 2.24) is 0 Å². The van der Waals surface area contributed by atoms with Crippen LogP contribution in [0.1, 0.15) is 29.2 Å². The molecular weight excluding hydrogens is 230 g/mol. The fourth-order valence-electron chi connectivity index (χ4n) is 2.17. The molecule has 1 aromatic rings. The maximum Gasteiger partial charge on any atom is 0.0666 e. The van der Waals surface area contributed by atoms with Crippen LogP contribution in [0.3, 0.4) is 0 Å². The van der Waals surface area contributed by atoms with Gasteiger partial charge in [-0.2, -0.15) is 0 Å². The average molecular weight is 251 g/mol. The van der Waals surface area contributed by atoms with Crippen molar-refractivity contribution in [2.75, 3.05) is 18.9 Å². The molecule has 0 radical (unpaired) electrons. The third kappa shape index (κ3) is 3.73. The van der Waals surface area contributed by atoms with E-state index in [-0.39, 0.29) is 0 Å². The lowest BCUT2D eigenvalue weighted by molar-refractivity contribution is 0.129. The predicted molar refractivity (Wildman–Crippen MR) is 74.4 cm³/mol. The summed E-state index contributed by atoms with van der Waals surface area (Å²) < 4.78 is 5.65. The SMILES string of the molecule is Cc1cccc(C(CN)SCC2CCCO2)c1. The van der Waals surface area contributed by atoms with E-state index in [4.69, 9.17) is 10.5 Å². The van der Waals surface area contributed by atoms with E-state index < -0.39 is 0 Å². The Hall–Kier alpha value is -0.510. The van der Waals surface area contributed by atoms with Crippen LogP contribution < -0.4 is 5.73 Å². The minimum atomic E-state index is 0.402. The van der Waals surface area contributed by atoms with E-state index in [1.54, 1.807) is 0 Å². The fourth-order valence-corrected chi connectivity index (χ4v) is 3.35. The van der Waals surface area contributed by atoms with Gasteiger partial charge >= 0.3 is 0 Å². The zero-order valence-electron chi connectivity index (χ0n) is 10.4. The first-order valence-corrected chi connectivity index (χ1v) is 7.34. The molecule has 2 nitrogen and oxygen atoms in total. The molecule has 94 valence electrons. The lowest BCUT2D eigenvalue weighted by Gasteiger charge is -2.17. The third-order valence-electron chi connectivity index (χ3n) is 3.14. The van der Waals surface area contributed by atoms with Crippen LogP contribution in [0.5, 0.6) is 0 Å². The summed E-state index contributed by atoms with van der Waals surface area (Å²) in [5, 5.41) is 0.402. The molecule has 0 saturated carbocycles. The molecule has 1 aromatic carbocycles. The average Bonchev–Trinajstić information content (AvgIpc) is 2.83. The first kappa shape index (κ1) is 12.9. The number of rotatable bonds is 5. The van der Waals surface area contributed by atoms with Crippen LogP contribution in [0.25, 0.3) is 0 Å². The molecule has 2 unspecified atom stereocenters. The second-order valence-electron chi connectivity index (χ2n) is 4.61. The molecular formula is C14H21NOS. The normalized spacial score (nSPS) is 21.6. The van der Waals surface area contributed by atoms with Gasteiger partial charge in [-0.25, -0.2) is 0 Å². The molecule has 0 aromatic heterocycles. The second kappa shape index (κ2) is 6.43. The van der Waals surface area contributed by atoms with Gasteiger partial charge in [0.05, 0.1) is 6.10 Å². The van der Waals surface area contributed by atoms with Crippen molar-refractivity contribution in [2.24, 2.45) is 5.73 Å². The molecule has 0 aliphatic carbocycles. The van der Waals surface area contributed by atoms with Crippen LogP contribution >= 0.6 is 11.8 Å². The Labute approximate surface area is 108 Å².